The molecule has 1 heterocycles. The van der Waals surface area contributed by atoms with Crippen molar-refractivity contribution in [3.05, 3.63) is 39.8 Å². The van der Waals surface area contributed by atoms with Crippen LogP contribution in [-0.2, 0) is 6.42 Å². The molecule has 3 nitrogen and oxygen atoms in total. The van der Waals surface area contributed by atoms with Gasteiger partial charge in [-0.25, -0.2) is 0 Å². The lowest BCUT2D eigenvalue weighted by Gasteiger charge is -2.14. The van der Waals surface area contributed by atoms with Crippen molar-refractivity contribution in [3.63, 3.8) is 0 Å². The maximum atomic E-state index is 12.9. The Kier molecular flexibility index (Phi) is 4.95. The highest BCUT2D eigenvalue weighted by atomic mass is 32.1. The third-order valence-corrected chi connectivity index (χ3v) is 6.21. The van der Waals surface area contributed by atoms with Gasteiger partial charge in [-0.1, -0.05) is 38.0 Å². The molecule has 3 N–H and O–H groups in total. The first-order valence-electron chi connectivity index (χ1n) is 8.80. The molecule has 1 aliphatic rings. The first-order chi connectivity index (χ1) is 11.5. The Morgan fingerprint density at radius 2 is 1.96 bits per heavy atom. The van der Waals surface area contributed by atoms with E-state index in [-0.39, 0.29) is 5.91 Å². The summed E-state index contributed by atoms with van der Waals surface area (Å²) in [7, 11) is 0. The topological polar surface area (TPSA) is 55.1 Å². The Balaban J connectivity index is 2.03. The molecule has 3 rings (SSSR count). The summed E-state index contributed by atoms with van der Waals surface area (Å²) in [6.45, 7) is 6.34. The molecule has 0 aliphatic heterocycles. The number of rotatable bonds is 4. The molecule has 0 atom stereocenters. The number of nitrogens with one attached hydrogen (secondary N) is 1. The van der Waals surface area contributed by atoms with E-state index in [1.54, 1.807) is 11.3 Å². The molecule has 128 valence electrons. The summed E-state index contributed by atoms with van der Waals surface area (Å²) in [5.41, 5.74) is 11.6. The molecule has 2 aromatic rings. The minimum Gasteiger partial charge on any atom is -0.390 e. The van der Waals surface area contributed by atoms with Gasteiger partial charge in [0, 0.05) is 16.5 Å². The SMILES string of the molecule is CCc1sc(N)c(C(=O)NC2CCCC2)c1-c1ccc(C)c(C)c1. The van der Waals surface area contributed by atoms with Crippen LogP contribution in [0.15, 0.2) is 18.2 Å². The lowest BCUT2D eigenvalue weighted by Crippen LogP contribution is -2.33. The molecule has 1 fully saturated rings. The number of carbonyl (C=O) groups is 1. The normalized spacial score (nSPS) is 15.0. The van der Waals surface area contributed by atoms with Gasteiger partial charge in [0.25, 0.3) is 5.91 Å². The van der Waals surface area contributed by atoms with Crippen molar-refractivity contribution in [3.8, 4) is 11.1 Å². The van der Waals surface area contributed by atoms with E-state index in [9.17, 15) is 4.79 Å². The number of nitrogens with two attached hydrogens (primary N) is 1. The molecule has 1 aliphatic carbocycles. The van der Waals surface area contributed by atoms with Crippen LogP contribution in [0, 0.1) is 13.8 Å². The summed E-state index contributed by atoms with van der Waals surface area (Å²) in [6.07, 6.45) is 5.45. The predicted octanol–water partition coefficient (Wildman–Crippen LogP) is 4.85. The molecule has 1 saturated carbocycles. The molecule has 1 aromatic carbocycles. The van der Waals surface area contributed by atoms with Crippen molar-refractivity contribution in [1.29, 1.82) is 0 Å². The summed E-state index contributed by atoms with van der Waals surface area (Å²) in [5.74, 6) is -0.0106. The second-order valence-electron chi connectivity index (χ2n) is 6.75. The minimum absolute atomic E-state index is 0.0106. The first kappa shape index (κ1) is 17.0. The molecule has 0 saturated heterocycles. The smallest absolute Gasteiger partial charge is 0.255 e. The van der Waals surface area contributed by atoms with Gasteiger partial charge < -0.3 is 11.1 Å². The molecule has 0 radical (unpaired) electrons. The number of thiophene rings is 1. The van der Waals surface area contributed by atoms with Gasteiger partial charge in [-0.05, 0) is 49.8 Å². The van der Waals surface area contributed by atoms with Gasteiger partial charge in [0.05, 0.1) is 10.6 Å². The van der Waals surface area contributed by atoms with Crippen LogP contribution < -0.4 is 11.1 Å². The van der Waals surface area contributed by atoms with Crippen molar-refractivity contribution >= 4 is 22.2 Å². The van der Waals surface area contributed by atoms with E-state index in [1.165, 1.54) is 28.8 Å². The third-order valence-electron chi connectivity index (χ3n) is 5.04. The van der Waals surface area contributed by atoms with Crippen LogP contribution in [0.5, 0.6) is 0 Å². The summed E-state index contributed by atoms with van der Waals surface area (Å²) >= 11 is 1.55. The van der Waals surface area contributed by atoms with Gasteiger partial charge in [0.2, 0.25) is 0 Å². The number of hydrogen-bond acceptors (Lipinski definition) is 3. The number of hydrogen-bond donors (Lipinski definition) is 2. The fourth-order valence-electron chi connectivity index (χ4n) is 3.50. The fourth-order valence-corrected chi connectivity index (χ4v) is 4.53. The van der Waals surface area contributed by atoms with Crippen LogP contribution in [0.25, 0.3) is 11.1 Å². The Morgan fingerprint density at radius 3 is 2.58 bits per heavy atom. The van der Waals surface area contributed by atoms with Crippen molar-refractivity contribution in [2.45, 2.75) is 58.9 Å². The summed E-state index contributed by atoms with van der Waals surface area (Å²) in [5, 5.41) is 3.83. The molecule has 0 spiro atoms. The van der Waals surface area contributed by atoms with Gasteiger partial charge in [-0.15, -0.1) is 11.3 Å². The fraction of sp³-hybridized carbons (Fsp3) is 0.450. The second kappa shape index (κ2) is 6.98. The Labute approximate surface area is 148 Å². The number of carbonyl (C=O) groups excluding carboxylic acids is 1. The van der Waals surface area contributed by atoms with Gasteiger partial charge in [-0.2, -0.15) is 0 Å². The zero-order chi connectivity index (χ0) is 17.3. The monoisotopic (exact) mass is 342 g/mol. The van der Waals surface area contributed by atoms with E-state index in [0.29, 0.717) is 16.6 Å². The van der Waals surface area contributed by atoms with Gasteiger partial charge >= 0.3 is 0 Å². The standard InChI is InChI=1S/C20H26N2OS/c1-4-16-17(14-10-9-12(2)13(3)11-14)18(19(21)24-16)20(23)22-15-7-5-6-8-15/h9-11,15H,4-8,21H2,1-3H3,(H,22,23). The van der Waals surface area contributed by atoms with E-state index in [2.05, 4.69) is 44.3 Å². The number of amides is 1. The van der Waals surface area contributed by atoms with E-state index in [4.69, 9.17) is 5.73 Å². The zero-order valence-corrected chi connectivity index (χ0v) is 15.6. The highest BCUT2D eigenvalue weighted by Gasteiger charge is 2.25. The maximum absolute atomic E-state index is 12.9. The average molecular weight is 343 g/mol. The molecular formula is C20H26N2OS. The van der Waals surface area contributed by atoms with Crippen LogP contribution in [0.2, 0.25) is 0 Å². The maximum Gasteiger partial charge on any atom is 0.255 e. The average Bonchev–Trinajstić information content (AvgIpc) is 3.17. The number of anilines is 1. The van der Waals surface area contributed by atoms with E-state index in [0.717, 1.165) is 30.4 Å². The minimum atomic E-state index is -0.0106. The van der Waals surface area contributed by atoms with Crippen molar-refractivity contribution in [2.75, 3.05) is 5.73 Å². The molecule has 0 unspecified atom stereocenters. The molecule has 1 amide bonds. The zero-order valence-electron chi connectivity index (χ0n) is 14.7. The molecule has 1 aromatic heterocycles. The van der Waals surface area contributed by atoms with E-state index >= 15 is 0 Å². The van der Waals surface area contributed by atoms with Crippen LogP contribution in [0.3, 0.4) is 0 Å². The number of benzene rings is 1. The summed E-state index contributed by atoms with van der Waals surface area (Å²) in [4.78, 5) is 14.1. The van der Waals surface area contributed by atoms with Gasteiger partial charge in [0.15, 0.2) is 0 Å². The van der Waals surface area contributed by atoms with Crippen molar-refractivity contribution in [1.82, 2.24) is 5.32 Å². The van der Waals surface area contributed by atoms with Crippen LogP contribution >= 0.6 is 11.3 Å². The largest absolute Gasteiger partial charge is 0.390 e. The van der Waals surface area contributed by atoms with Gasteiger partial charge in [0.1, 0.15) is 0 Å². The molecule has 24 heavy (non-hydrogen) atoms. The quantitative estimate of drug-likeness (QED) is 0.834. The molecule has 4 heteroatoms. The van der Waals surface area contributed by atoms with E-state index in [1.807, 2.05) is 0 Å². The Hall–Kier alpha value is -1.81. The highest BCUT2D eigenvalue weighted by Crippen LogP contribution is 2.39. The highest BCUT2D eigenvalue weighted by molar-refractivity contribution is 7.17. The summed E-state index contributed by atoms with van der Waals surface area (Å²) < 4.78 is 0. The predicted molar refractivity (Wildman–Crippen MR) is 103 cm³/mol. The molecular weight excluding hydrogens is 316 g/mol. The lowest BCUT2D eigenvalue weighted by molar-refractivity contribution is 0.0940. The van der Waals surface area contributed by atoms with Crippen molar-refractivity contribution in [2.24, 2.45) is 0 Å². The van der Waals surface area contributed by atoms with Crippen molar-refractivity contribution < 1.29 is 4.79 Å². The van der Waals surface area contributed by atoms with Crippen LogP contribution in [-0.4, -0.2) is 11.9 Å². The Bertz CT molecular complexity index is 757. The molecule has 0 bridgehead atoms. The third kappa shape index (κ3) is 3.20. The van der Waals surface area contributed by atoms with Crippen LogP contribution in [0.4, 0.5) is 5.00 Å². The van der Waals surface area contributed by atoms with Gasteiger partial charge in [-0.3, -0.25) is 4.79 Å². The summed E-state index contributed by atoms with van der Waals surface area (Å²) in [6, 6.07) is 6.70. The number of aryl methyl sites for hydroxylation is 3. The number of nitrogen functional groups attached to an aromatic ring is 1. The lowest BCUT2D eigenvalue weighted by atomic mass is 9.96. The second-order valence-corrected chi connectivity index (χ2v) is 7.88. The van der Waals surface area contributed by atoms with Crippen LogP contribution in [0.1, 0.15) is 59.0 Å². The van der Waals surface area contributed by atoms with E-state index < -0.39 is 0 Å². The first-order valence-corrected chi connectivity index (χ1v) is 9.62. The Morgan fingerprint density at radius 1 is 1.25 bits per heavy atom.